The van der Waals surface area contributed by atoms with E-state index in [1.165, 1.54) is 0 Å². The molecule has 4 heteroatoms. The molecule has 0 unspecified atom stereocenters. The second-order valence-corrected chi connectivity index (χ2v) is 3.83. The van der Waals surface area contributed by atoms with Gasteiger partial charge in [0, 0.05) is 24.7 Å². The molecule has 0 bridgehead atoms. The molecule has 0 saturated heterocycles. The van der Waals surface area contributed by atoms with Gasteiger partial charge in [-0.25, -0.2) is 0 Å². The molecule has 2 aromatic rings. The third-order valence-corrected chi connectivity index (χ3v) is 2.55. The topological polar surface area (TPSA) is 38.0 Å². The Bertz CT molecular complexity index is 397. The summed E-state index contributed by atoms with van der Waals surface area (Å²) < 4.78 is 2.59. The number of fused-ring (bicyclic) bond motifs is 1. The molecule has 0 amide bonds. The standard InChI is InChI=1S/C8H7IN2O/c1-11-4-5-2-6(9)8(12)3-7(5)10-11/h2-4,12H,1H3. The maximum Gasteiger partial charge on any atom is 0.131 e. The predicted octanol–water partition coefficient (Wildman–Crippen LogP) is 1.88. The quantitative estimate of drug-likeness (QED) is 0.745. The Morgan fingerprint density at radius 3 is 3.00 bits per heavy atom. The monoisotopic (exact) mass is 274 g/mol. The first-order chi connectivity index (χ1) is 5.66. The van der Waals surface area contributed by atoms with Gasteiger partial charge in [-0.3, -0.25) is 4.68 Å². The van der Waals surface area contributed by atoms with Crippen molar-refractivity contribution >= 4 is 33.5 Å². The van der Waals surface area contributed by atoms with E-state index in [1.807, 2.05) is 19.3 Å². The second kappa shape index (κ2) is 2.62. The van der Waals surface area contributed by atoms with Crippen LogP contribution in [0.5, 0.6) is 5.75 Å². The van der Waals surface area contributed by atoms with Crippen LogP contribution in [0.15, 0.2) is 18.3 Å². The molecule has 3 nitrogen and oxygen atoms in total. The summed E-state index contributed by atoms with van der Waals surface area (Å²) in [6, 6.07) is 3.59. The molecule has 0 radical (unpaired) electrons. The molecule has 62 valence electrons. The van der Waals surface area contributed by atoms with Crippen LogP contribution in [0.2, 0.25) is 0 Å². The number of nitrogens with zero attached hydrogens (tertiary/aromatic N) is 2. The van der Waals surface area contributed by atoms with Crippen LogP contribution in [0.25, 0.3) is 10.9 Å². The van der Waals surface area contributed by atoms with Crippen molar-refractivity contribution in [2.45, 2.75) is 0 Å². The zero-order valence-electron chi connectivity index (χ0n) is 6.45. The van der Waals surface area contributed by atoms with Crippen LogP contribution in [-0.2, 0) is 7.05 Å². The molecule has 1 heterocycles. The first kappa shape index (κ1) is 7.85. The van der Waals surface area contributed by atoms with Gasteiger partial charge in [0.1, 0.15) is 5.75 Å². The number of hydrogen-bond acceptors (Lipinski definition) is 2. The lowest BCUT2D eigenvalue weighted by Crippen LogP contribution is -1.84. The Morgan fingerprint density at radius 2 is 2.25 bits per heavy atom. The van der Waals surface area contributed by atoms with Crippen molar-refractivity contribution < 1.29 is 5.11 Å². The summed E-state index contributed by atoms with van der Waals surface area (Å²) in [6.07, 6.45) is 1.93. The number of hydrogen-bond donors (Lipinski definition) is 1. The maximum absolute atomic E-state index is 9.37. The van der Waals surface area contributed by atoms with Gasteiger partial charge in [0.2, 0.25) is 0 Å². The van der Waals surface area contributed by atoms with Crippen LogP contribution in [-0.4, -0.2) is 14.9 Å². The van der Waals surface area contributed by atoms with Gasteiger partial charge in [-0.05, 0) is 28.7 Å². The smallest absolute Gasteiger partial charge is 0.131 e. The Morgan fingerprint density at radius 1 is 1.50 bits per heavy atom. The average molecular weight is 274 g/mol. The molecular formula is C8H7IN2O. The van der Waals surface area contributed by atoms with Crippen LogP contribution in [0, 0.1) is 3.57 Å². The molecule has 0 aliphatic heterocycles. The van der Waals surface area contributed by atoms with E-state index in [-0.39, 0.29) is 0 Å². The fourth-order valence-corrected chi connectivity index (χ4v) is 1.65. The highest BCUT2D eigenvalue weighted by Crippen LogP contribution is 2.24. The highest BCUT2D eigenvalue weighted by Gasteiger charge is 2.03. The van der Waals surface area contributed by atoms with Gasteiger partial charge in [-0.1, -0.05) is 0 Å². The van der Waals surface area contributed by atoms with E-state index < -0.39 is 0 Å². The molecular weight excluding hydrogens is 267 g/mol. The molecule has 0 fully saturated rings. The van der Waals surface area contributed by atoms with Gasteiger partial charge in [0.15, 0.2) is 0 Å². The highest BCUT2D eigenvalue weighted by molar-refractivity contribution is 14.1. The summed E-state index contributed by atoms with van der Waals surface area (Å²) in [7, 11) is 1.86. The normalized spacial score (nSPS) is 10.8. The van der Waals surface area contributed by atoms with Crippen molar-refractivity contribution in [1.29, 1.82) is 0 Å². The van der Waals surface area contributed by atoms with Gasteiger partial charge in [-0.15, -0.1) is 0 Å². The Hall–Kier alpha value is -0.780. The number of phenols is 1. The molecule has 0 atom stereocenters. The lowest BCUT2D eigenvalue weighted by molar-refractivity contribution is 0.472. The Kier molecular flexibility index (Phi) is 1.71. The molecule has 0 saturated carbocycles. The second-order valence-electron chi connectivity index (χ2n) is 2.67. The number of benzene rings is 1. The zero-order valence-corrected chi connectivity index (χ0v) is 8.61. The lowest BCUT2D eigenvalue weighted by Gasteiger charge is -1.94. The Balaban J connectivity index is 2.83. The highest BCUT2D eigenvalue weighted by atomic mass is 127. The molecule has 12 heavy (non-hydrogen) atoms. The molecule has 0 spiro atoms. The van der Waals surface area contributed by atoms with Gasteiger partial charge in [0.25, 0.3) is 0 Å². The van der Waals surface area contributed by atoms with Gasteiger partial charge >= 0.3 is 0 Å². The summed E-state index contributed by atoms with van der Waals surface area (Å²) >= 11 is 2.09. The minimum atomic E-state index is 0.293. The van der Waals surface area contributed by atoms with Crippen molar-refractivity contribution in [1.82, 2.24) is 9.78 Å². The van der Waals surface area contributed by atoms with Crippen molar-refractivity contribution in [3.05, 3.63) is 21.9 Å². The SMILES string of the molecule is Cn1cc2cc(I)c(O)cc2n1. The summed E-state index contributed by atoms with van der Waals surface area (Å²) in [4.78, 5) is 0. The summed E-state index contributed by atoms with van der Waals surface area (Å²) in [5.41, 5.74) is 0.829. The molecule has 1 N–H and O–H groups in total. The molecule has 1 aromatic heterocycles. The first-order valence-corrected chi connectivity index (χ1v) is 4.56. The molecule has 1 aromatic carbocycles. The summed E-state index contributed by atoms with van der Waals surface area (Å²) in [6.45, 7) is 0. The van der Waals surface area contributed by atoms with E-state index in [0.29, 0.717) is 5.75 Å². The Labute approximate surface area is 83.1 Å². The number of phenolic OH excluding ortho intramolecular Hbond substituents is 1. The van der Waals surface area contributed by atoms with E-state index in [1.54, 1.807) is 10.7 Å². The van der Waals surface area contributed by atoms with Crippen LogP contribution >= 0.6 is 22.6 Å². The fraction of sp³-hybridized carbons (Fsp3) is 0.125. The van der Waals surface area contributed by atoms with E-state index >= 15 is 0 Å². The first-order valence-electron chi connectivity index (χ1n) is 3.48. The van der Waals surface area contributed by atoms with Gasteiger partial charge in [0.05, 0.1) is 9.09 Å². The molecule has 0 aliphatic rings. The van der Waals surface area contributed by atoms with E-state index in [0.717, 1.165) is 14.5 Å². The number of aromatic hydroxyl groups is 1. The number of aromatic nitrogens is 2. The van der Waals surface area contributed by atoms with Gasteiger partial charge in [-0.2, -0.15) is 5.10 Å². The maximum atomic E-state index is 9.37. The van der Waals surface area contributed by atoms with Crippen molar-refractivity contribution in [2.24, 2.45) is 7.05 Å². The molecule has 0 aliphatic carbocycles. The summed E-state index contributed by atoms with van der Waals surface area (Å²) in [5.74, 6) is 0.293. The average Bonchev–Trinajstić information content (AvgIpc) is 2.30. The number of halogens is 1. The minimum absolute atomic E-state index is 0.293. The third kappa shape index (κ3) is 1.16. The number of aryl methyl sites for hydroxylation is 1. The van der Waals surface area contributed by atoms with E-state index in [2.05, 4.69) is 27.7 Å². The van der Waals surface area contributed by atoms with Crippen molar-refractivity contribution in [2.75, 3.05) is 0 Å². The fourth-order valence-electron chi connectivity index (χ4n) is 1.16. The van der Waals surface area contributed by atoms with Gasteiger partial charge < -0.3 is 5.11 Å². The zero-order chi connectivity index (χ0) is 8.72. The lowest BCUT2D eigenvalue weighted by atomic mass is 10.2. The molecule has 2 rings (SSSR count). The van der Waals surface area contributed by atoms with Crippen molar-refractivity contribution in [3.63, 3.8) is 0 Å². The predicted molar refractivity (Wildman–Crippen MR) is 55.1 cm³/mol. The summed E-state index contributed by atoms with van der Waals surface area (Å²) in [5, 5.41) is 14.6. The largest absolute Gasteiger partial charge is 0.507 e. The van der Waals surface area contributed by atoms with E-state index in [9.17, 15) is 5.11 Å². The van der Waals surface area contributed by atoms with Crippen LogP contribution in [0.4, 0.5) is 0 Å². The van der Waals surface area contributed by atoms with Crippen molar-refractivity contribution in [3.8, 4) is 5.75 Å². The minimum Gasteiger partial charge on any atom is -0.507 e. The third-order valence-electron chi connectivity index (χ3n) is 1.69. The van der Waals surface area contributed by atoms with E-state index in [4.69, 9.17) is 0 Å². The number of rotatable bonds is 0. The van der Waals surface area contributed by atoms with Crippen LogP contribution in [0.3, 0.4) is 0 Å². The van der Waals surface area contributed by atoms with Crippen LogP contribution < -0.4 is 0 Å². The van der Waals surface area contributed by atoms with Crippen LogP contribution in [0.1, 0.15) is 0 Å².